The molecule has 0 aliphatic carbocycles. The minimum atomic E-state index is -3.19. The van der Waals surface area contributed by atoms with Gasteiger partial charge in [0.1, 0.15) is 0 Å². The maximum Gasteiger partial charge on any atom is 0.214 e. The van der Waals surface area contributed by atoms with E-state index in [4.69, 9.17) is 9.84 Å². The van der Waals surface area contributed by atoms with Gasteiger partial charge in [0.25, 0.3) is 0 Å². The molecule has 1 aliphatic heterocycles. The van der Waals surface area contributed by atoms with Crippen molar-refractivity contribution in [3.05, 3.63) is 0 Å². The van der Waals surface area contributed by atoms with Crippen molar-refractivity contribution in [1.29, 1.82) is 0 Å². The Hall–Kier alpha value is -0.170. The fourth-order valence-corrected chi connectivity index (χ4v) is 3.79. The number of piperidine rings is 1. The summed E-state index contributed by atoms with van der Waals surface area (Å²) in [5.41, 5.74) is -0.359. The zero-order valence-corrected chi connectivity index (χ0v) is 11.5. The number of ether oxygens (including phenoxy) is 1. The number of hydrogen-bond donors (Lipinski definition) is 1. The highest BCUT2D eigenvalue weighted by molar-refractivity contribution is 7.89. The van der Waals surface area contributed by atoms with E-state index < -0.39 is 10.0 Å². The zero-order chi connectivity index (χ0) is 12.9. The van der Waals surface area contributed by atoms with Crippen molar-refractivity contribution in [2.24, 2.45) is 0 Å². The summed E-state index contributed by atoms with van der Waals surface area (Å²) < 4.78 is 31.0. The third kappa shape index (κ3) is 4.21. The minimum absolute atomic E-state index is 0.0469. The average molecular weight is 265 g/mol. The van der Waals surface area contributed by atoms with Gasteiger partial charge in [-0.15, -0.1) is 0 Å². The average Bonchev–Trinajstić information content (AvgIpc) is 2.29. The number of unbranched alkanes of at least 4 members (excludes halogenated alkanes) is 1. The second kappa shape index (κ2) is 6.13. The molecule has 102 valence electrons. The molecular weight excluding hydrogens is 242 g/mol. The summed E-state index contributed by atoms with van der Waals surface area (Å²) in [6, 6.07) is 0. The van der Waals surface area contributed by atoms with Gasteiger partial charge in [0.05, 0.1) is 11.4 Å². The number of sulfonamides is 1. The van der Waals surface area contributed by atoms with Gasteiger partial charge in [-0.2, -0.15) is 4.31 Å². The Morgan fingerprint density at radius 1 is 1.41 bits per heavy atom. The van der Waals surface area contributed by atoms with Gasteiger partial charge in [-0.1, -0.05) is 0 Å². The monoisotopic (exact) mass is 265 g/mol. The Morgan fingerprint density at radius 2 is 2.12 bits per heavy atom. The first kappa shape index (κ1) is 14.9. The van der Waals surface area contributed by atoms with Gasteiger partial charge in [0.15, 0.2) is 0 Å². The number of methoxy groups -OCH3 is 1. The van der Waals surface area contributed by atoms with Crippen molar-refractivity contribution in [2.45, 2.75) is 38.2 Å². The van der Waals surface area contributed by atoms with Gasteiger partial charge in [-0.3, -0.25) is 0 Å². The molecule has 1 N–H and O–H groups in total. The molecule has 1 aliphatic rings. The first-order valence-electron chi connectivity index (χ1n) is 6.07. The van der Waals surface area contributed by atoms with Crippen LogP contribution in [0.25, 0.3) is 0 Å². The predicted octanol–water partition coefficient (Wildman–Crippen LogP) is 0.590. The highest BCUT2D eigenvalue weighted by Crippen LogP contribution is 2.26. The maximum atomic E-state index is 12.1. The van der Waals surface area contributed by atoms with Crippen molar-refractivity contribution < 1.29 is 18.3 Å². The SMILES string of the molecule is COC1(C)CCCN(S(=O)(=O)CCCCO)C1. The molecule has 0 spiro atoms. The van der Waals surface area contributed by atoms with Gasteiger partial charge in [-0.25, -0.2) is 8.42 Å². The second-order valence-corrected chi connectivity index (χ2v) is 6.93. The molecule has 0 aromatic rings. The van der Waals surface area contributed by atoms with Crippen LogP contribution in [0.2, 0.25) is 0 Å². The van der Waals surface area contributed by atoms with E-state index >= 15 is 0 Å². The van der Waals surface area contributed by atoms with E-state index in [1.807, 2.05) is 6.92 Å². The van der Waals surface area contributed by atoms with Gasteiger partial charge in [0, 0.05) is 26.8 Å². The van der Waals surface area contributed by atoms with E-state index in [2.05, 4.69) is 0 Å². The fraction of sp³-hybridized carbons (Fsp3) is 1.00. The van der Waals surface area contributed by atoms with Crippen LogP contribution in [-0.4, -0.2) is 56.0 Å². The van der Waals surface area contributed by atoms with E-state index in [-0.39, 0.29) is 18.0 Å². The molecule has 1 atom stereocenters. The molecule has 0 amide bonds. The van der Waals surface area contributed by atoms with Crippen LogP contribution in [0.3, 0.4) is 0 Å². The Balaban J connectivity index is 2.59. The van der Waals surface area contributed by atoms with Crippen molar-refractivity contribution in [3.8, 4) is 0 Å². The zero-order valence-electron chi connectivity index (χ0n) is 10.7. The molecule has 1 rings (SSSR count). The van der Waals surface area contributed by atoms with E-state index in [0.29, 0.717) is 25.9 Å². The highest BCUT2D eigenvalue weighted by Gasteiger charge is 2.35. The topological polar surface area (TPSA) is 66.8 Å². The Bertz CT molecular complexity index is 330. The van der Waals surface area contributed by atoms with Crippen LogP contribution in [-0.2, 0) is 14.8 Å². The van der Waals surface area contributed by atoms with Crippen molar-refractivity contribution in [1.82, 2.24) is 4.31 Å². The third-order valence-electron chi connectivity index (χ3n) is 3.32. The Labute approximate surface area is 104 Å². The first-order chi connectivity index (χ1) is 7.93. The molecule has 6 heteroatoms. The van der Waals surface area contributed by atoms with Crippen LogP contribution in [0.4, 0.5) is 0 Å². The molecular formula is C11H23NO4S. The Kier molecular flexibility index (Phi) is 5.37. The summed E-state index contributed by atoms with van der Waals surface area (Å²) in [6.45, 7) is 3.01. The van der Waals surface area contributed by atoms with Crippen molar-refractivity contribution in [2.75, 3.05) is 32.6 Å². The molecule has 1 heterocycles. The van der Waals surface area contributed by atoms with Crippen LogP contribution in [0.5, 0.6) is 0 Å². The van der Waals surface area contributed by atoms with Crippen molar-refractivity contribution in [3.63, 3.8) is 0 Å². The summed E-state index contributed by atoms with van der Waals surface area (Å²) in [5, 5.41) is 8.67. The second-order valence-electron chi connectivity index (χ2n) is 4.84. The summed E-state index contributed by atoms with van der Waals surface area (Å²) >= 11 is 0. The third-order valence-corrected chi connectivity index (χ3v) is 5.22. The lowest BCUT2D eigenvalue weighted by molar-refractivity contribution is -0.0319. The number of aliphatic hydroxyl groups excluding tert-OH is 1. The normalized spacial score (nSPS) is 27.2. The lowest BCUT2D eigenvalue weighted by Crippen LogP contribution is -2.50. The summed E-state index contributed by atoms with van der Waals surface area (Å²) in [7, 11) is -1.57. The highest BCUT2D eigenvalue weighted by atomic mass is 32.2. The van der Waals surface area contributed by atoms with Crippen LogP contribution >= 0.6 is 0 Å². The molecule has 0 aromatic heterocycles. The molecule has 1 unspecified atom stereocenters. The van der Waals surface area contributed by atoms with Gasteiger partial charge in [0.2, 0.25) is 10.0 Å². The van der Waals surface area contributed by atoms with Crippen molar-refractivity contribution >= 4 is 10.0 Å². The van der Waals surface area contributed by atoms with E-state index in [0.717, 1.165) is 12.8 Å². The number of nitrogens with zero attached hydrogens (tertiary/aromatic N) is 1. The van der Waals surface area contributed by atoms with Gasteiger partial charge in [-0.05, 0) is 32.6 Å². The number of rotatable bonds is 6. The molecule has 17 heavy (non-hydrogen) atoms. The lowest BCUT2D eigenvalue weighted by atomic mass is 9.96. The quantitative estimate of drug-likeness (QED) is 0.714. The first-order valence-corrected chi connectivity index (χ1v) is 7.68. The van der Waals surface area contributed by atoms with Gasteiger partial charge < -0.3 is 9.84 Å². The van der Waals surface area contributed by atoms with E-state index in [1.54, 1.807) is 7.11 Å². The molecule has 1 fully saturated rings. The van der Waals surface area contributed by atoms with Crippen LogP contribution in [0.1, 0.15) is 32.6 Å². The number of hydrogen-bond acceptors (Lipinski definition) is 4. The van der Waals surface area contributed by atoms with Crippen LogP contribution < -0.4 is 0 Å². The standard InChI is InChI=1S/C11H23NO4S/c1-11(16-2)6-5-7-12(10-11)17(14,15)9-4-3-8-13/h13H,3-10H2,1-2H3. The summed E-state index contributed by atoms with van der Waals surface area (Å²) in [5.74, 6) is 0.118. The lowest BCUT2D eigenvalue weighted by Gasteiger charge is -2.38. The van der Waals surface area contributed by atoms with Crippen LogP contribution in [0.15, 0.2) is 0 Å². The summed E-state index contributed by atoms with van der Waals surface area (Å²) in [4.78, 5) is 0. The van der Waals surface area contributed by atoms with E-state index in [9.17, 15) is 8.42 Å². The summed E-state index contributed by atoms with van der Waals surface area (Å²) in [6.07, 6.45) is 2.78. The van der Waals surface area contributed by atoms with Gasteiger partial charge >= 0.3 is 0 Å². The largest absolute Gasteiger partial charge is 0.396 e. The maximum absolute atomic E-state index is 12.1. The molecule has 1 saturated heterocycles. The number of aliphatic hydroxyl groups is 1. The molecule has 0 saturated carbocycles. The predicted molar refractivity (Wildman–Crippen MR) is 66.3 cm³/mol. The Morgan fingerprint density at radius 3 is 2.71 bits per heavy atom. The molecule has 5 nitrogen and oxygen atoms in total. The smallest absolute Gasteiger partial charge is 0.214 e. The molecule has 0 radical (unpaired) electrons. The molecule has 0 bridgehead atoms. The fourth-order valence-electron chi connectivity index (χ4n) is 2.09. The van der Waals surface area contributed by atoms with Crippen LogP contribution in [0, 0.1) is 0 Å². The van der Waals surface area contributed by atoms with E-state index in [1.165, 1.54) is 4.31 Å². The molecule has 0 aromatic carbocycles. The minimum Gasteiger partial charge on any atom is -0.396 e.